The molecule has 1 unspecified atom stereocenters. The van der Waals surface area contributed by atoms with Crippen LogP contribution in [0, 0.1) is 0 Å². The van der Waals surface area contributed by atoms with E-state index in [0.29, 0.717) is 6.42 Å². The van der Waals surface area contributed by atoms with E-state index in [1.165, 1.54) is 0 Å². The maximum absolute atomic E-state index is 9.42. The van der Waals surface area contributed by atoms with Crippen molar-refractivity contribution in [3.63, 3.8) is 0 Å². The van der Waals surface area contributed by atoms with Crippen LogP contribution in [0.3, 0.4) is 0 Å². The van der Waals surface area contributed by atoms with Crippen molar-refractivity contribution in [1.82, 2.24) is 0 Å². The van der Waals surface area contributed by atoms with Crippen molar-refractivity contribution in [1.29, 1.82) is 0 Å². The SMILES string of the molecule is C[C@H]1C[C@H](O)[C@@H](COP(O)(=S)S)O1. The maximum atomic E-state index is 9.42. The van der Waals surface area contributed by atoms with Crippen LogP contribution in [-0.4, -0.2) is 34.9 Å². The normalized spacial score (nSPS) is 38.9. The molecule has 0 spiro atoms. The van der Waals surface area contributed by atoms with Crippen molar-refractivity contribution in [3.8, 4) is 0 Å². The number of rotatable bonds is 3. The highest BCUT2D eigenvalue weighted by Crippen LogP contribution is 2.47. The first-order valence-corrected chi connectivity index (χ1v) is 7.74. The number of thiol groups is 1. The Balaban J connectivity index is 2.34. The van der Waals surface area contributed by atoms with Gasteiger partial charge in [-0.15, -0.1) is 0 Å². The lowest BCUT2D eigenvalue weighted by Crippen LogP contribution is -2.25. The van der Waals surface area contributed by atoms with Crippen LogP contribution in [0.15, 0.2) is 0 Å². The Kier molecular flexibility index (Phi) is 4.19. The molecule has 13 heavy (non-hydrogen) atoms. The van der Waals surface area contributed by atoms with Crippen LogP contribution in [-0.2, 0) is 21.1 Å². The summed E-state index contributed by atoms with van der Waals surface area (Å²) in [7, 11) is 0. The minimum atomic E-state index is -2.93. The van der Waals surface area contributed by atoms with Crippen molar-refractivity contribution in [3.05, 3.63) is 0 Å². The summed E-state index contributed by atoms with van der Waals surface area (Å²) in [6.07, 6.45) is -0.309. The molecule has 1 fully saturated rings. The minimum Gasteiger partial charge on any atom is -0.390 e. The van der Waals surface area contributed by atoms with Crippen LogP contribution >= 0.6 is 17.9 Å². The van der Waals surface area contributed by atoms with Gasteiger partial charge in [0.15, 0.2) is 0 Å². The van der Waals surface area contributed by atoms with Gasteiger partial charge in [-0.1, -0.05) is 12.2 Å². The molecule has 0 aliphatic carbocycles. The zero-order valence-electron chi connectivity index (χ0n) is 7.16. The van der Waals surface area contributed by atoms with Crippen molar-refractivity contribution < 1.29 is 19.3 Å². The molecule has 4 atom stereocenters. The van der Waals surface area contributed by atoms with E-state index < -0.39 is 17.9 Å². The van der Waals surface area contributed by atoms with Gasteiger partial charge >= 0.3 is 0 Å². The molecular formula is C6H13O4PS2. The summed E-state index contributed by atoms with van der Waals surface area (Å²) in [5.74, 6) is 0. The third-order valence-corrected chi connectivity index (χ3v) is 2.96. The summed E-state index contributed by atoms with van der Waals surface area (Å²) >= 11 is 8.26. The molecule has 2 N–H and O–H groups in total. The van der Waals surface area contributed by atoms with Crippen LogP contribution in [0.5, 0.6) is 0 Å². The Bertz CT molecular complexity index is 219. The fourth-order valence-corrected chi connectivity index (χ4v) is 1.98. The average molecular weight is 244 g/mol. The van der Waals surface area contributed by atoms with Gasteiger partial charge in [0.1, 0.15) is 6.10 Å². The lowest BCUT2D eigenvalue weighted by Gasteiger charge is -2.16. The Morgan fingerprint density at radius 3 is 2.77 bits per heavy atom. The number of aliphatic hydroxyl groups is 1. The summed E-state index contributed by atoms with van der Waals surface area (Å²) in [4.78, 5) is 9.06. The summed E-state index contributed by atoms with van der Waals surface area (Å²) in [6, 6.07) is 0. The van der Waals surface area contributed by atoms with E-state index in [4.69, 9.17) is 14.2 Å². The molecule has 0 aromatic rings. The molecule has 1 saturated heterocycles. The molecule has 1 rings (SSSR count). The van der Waals surface area contributed by atoms with Gasteiger partial charge in [-0.2, -0.15) is 0 Å². The van der Waals surface area contributed by atoms with Gasteiger partial charge < -0.3 is 19.3 Å². The van der Waals surface area contributed by atoms with Crippen LogP contribution in [0.1, 0.15) is 13.3 Å². The van der Waals surface area contributed by atoms with Crippen LogP contribution in [0.25, 0.3) is 0 Å². The first-order valence-electron chi connectivity index (χ1n) is 3.92. The Morgan fingerprint density at radius 2 is 2.38 bits per heavy atom. The summed E-state index contributed by atoms with van der Waals surface area (Å²) in [5.41, 5.74) is -2.93. The monoisotopic (exact) mass is 244 g/mol. The minimum absolute atomic E-state index is 0.0278. The van der Waals surface area contributed by atoms with Gasteiger partial charge in [-0.25, -0.2) is 0 Å². The highest BCUT2D eigenvalue weighted by Gasteiger charge is 2.32. The van der Waals surface area contributed by atoms with Crippen LogP contribution in [0.2, 0.25) is 0 Å². The second-order valence-electron chi connectivity index (χ2n) is 3.07. The highest BCUT2D eigenvalue weighted by molar-refractivity contribution is 8.59. The smallest absolute Gasteiger partial charge is 0.241 e. The van der Waals surface area contributed by atoms with E-state index in [-0.39, 0.29) is 12.7 Å². The van der Waals surface area contributed by atoms with Crippen molar-refractivity contribution in [2.45, 2.75) is 31.7 Å². The van der Waals surface area contributed by atoms with Crippen LogP contribution in [0.4, 0.5) is 0 Å². The van der Waals surface area contributed by atoms with E-state index in [9.17, 15) is 5.11 Å². The molecule has 0 amide bonds. The average Bonchev–Trinajstić information content (AvgIpc) is 2.24. The molecule has 7 heteroatoms. The quantitative estimate of drug-likeness (QED) is 0.503. The standard InChI is InChI=1S/C6H13O4PS2/c1-4-2-5(7)6(10-4)3-9-11(8,12)13/h4-7H,2-3H2,1H3,(H2,8,12,13)/t4-,5-,6+/m0/s1. The van der Waals surface area contributed by atoms with Gasteiger partial charge in [0.2, 0.25) is 5.69 Å². The molecule has 4 nitrogen and oxygen atoms in total. The largest absolute Gasteiger partial charge is 0.390 e. The zero-order valence-corrected chi connectivity index (χ0v) is 9.77. The number of aliphatic hydroxyl groups excluding tert-OH is 1. The molecule has 78 valence electrons. The predicted octanol–water partition coefficient (Wildman–Crippen LogP) is 0.688. The molecule has 0 radical (unpaired) electrons. The van der Waals surface area contributed by atoms with E-state index >= 15 is 0 Å². The Morgan fingerprint density at radius 1 is 1.77 bits per heavy atom. The third kappa shape index (κ3) is 4.25. The zero-order chi connectivity index (χ0) is 10.1. The molecule has 1 aliphatic heterocycles. The molecule has 1 aliphatic rings. The van der Waals surface area contributed by atoms with Crippen molar-refractivity contribution >= 4 is 29.7 Å². The fraction of sp³-hybridized carbons (Fsp3) is 1.00. The van der Waals surface area contributed by atoms with E-state index in [2.05, 4.69) is 24.1 Å². The number of ether oxygens (including phenoxy) is 1. The lowest BCUT2D eigenvalue weighted by molar-refractivity contribution is -0.00986. The van der Waals surface area contributed by atoms with Gasteiger partial charge in [0.25, 0.3) is 0 Å². The molecule has 0 aromatic carbocycles. The first-order chi connectivity index (χ1) is 5.88. The van der Waals surface area contributed by atoms with E-state index in [0.717, 1.165) is 0 Å². The third-order valence-electron chi connectivity index (χ3n) is 1.82. The summed E-state index contributed by atoms with van der Waals surface area (Å²) < 4.78 is 10.2. The molecule has 0 aromatic heterocycles. The molecule has 0 saturated carbocycles. The van der Waals surface area contributed by atoms with E-state index in [1.54, 1.807) is 0 Å². The van der Waals surface area contributed by atoms with Crippen molar-refractivity contribution in [2.75, 3.05) is 6.61 Å². The van der Waals surface area contributed by atoms with Crippen molar-refractivity contribution in [2.24, 2.45) is 0 Å². The van der Waals surface area contributed by atoms with Gasteiger partial charge in [0.05, 0.1) is 18.8 Å². The molecule has 0 bridgehead atoms. The predicted molar refractivity (Wildman–Crippen MR) is 56.4 cm³/mol. The maximum Gasteiger partial charge on any atom is 0.241 e. The number of hydrogen-bond donors (Lipinski definition) is 3. The van der Waals surface area contributed by atoms with Crippen LogP contribution < -0.4 is 0 Å². The molecule has 1 heterocycles. The Labute approximate surface area is 87.6 Å². The lowest BCUT2D eigenvalue weighted by atomic mass is 10.1. The van der Waals surface area contributed by atoms with Gasteiger partial charge in [0, 0.05) is 6.42 Å². The Hall–Kier alpha value is 0.840. The number of hydrogen-bond acceptors (Lipinski definition) is 4. The summed E-state index contributed by atoms with van der Waals surface area (Å²) in [5, 5.41) is 9.42. The topological polar surface area (TPSA) is 58.9 Å². The second-order valence-corrected chi connectivity index (χ2v) is 8.24. The fourth-order valence-electron chi connectivity index (χ4n) is 1.26. The van der Waals surface area contributed by atoms with Gasteiger partial charge in [-0.3, -0.25) is 0 Å². The molecular weight excluding hydrogens is 231 g/mol. The van der Waals surface area contributed by atoms with E-state index in [1.807, 2.05) is 6.92 Å². The first kappa shape index (κ1) is 11.9. The second kappa shape index (κ2) is 4.57. The highest BCUT2D eigenvalue weighted by atomic mass is 32.9. The summed E-state index contributed by atoms with van der Waals surface area (Å²) in [6.45, 7) is 1.97. The van der Waals surface area contributed by atoms with Gasteiger partial charge in [-0.05, 0) is 18.7 Å².